The zero-order chi connectivity index (χ0) is 13.3. The van der Waals surface area contributed by atoms with Gasteiger partial charge in [-0.15, -0.1) is 0 Å². The first-order valence-electron chi connectivity index (χ1n) is 6.37. The van der Waals surface area contributed by atoms with Crippen LogP contribution in [0.1, 0.15) is 27.7 Å². The number of ether oxygens (including phenoxy) is 2. The summed E-state index contributed by atoms with van der Waals surface area (Å²) in [5.74, 6) is 0. The summed E-state index contributed by atoms with van der Waals surface area (Å²) >= 11 is 0. The largest absolute Gasteiger partial charge is 0.383 e. The minimum absolute atomic E-state index is 0.169. The number of hydrogen-bond donors (Lipinski definition) is 1. The monoisotopic (exact) mass is 246 g/mol. The van der Waals surface area contributed by atoms with Crippen molar-refractivity contribution in [2.24, 2.45) is 0 Å². The lowest BCUT2D eigenvalue weighted by molar-refractivity contribution is 0.0896. The van der Waals surface area contributed by atoms with Gasteiger partial charge in [-0.2, -0.15) is 0 Å². The van der Waals surface area contributed by atoms with Crippen molar-refractivity contribution >= 4 is 0 Å². The van der Waals surface area contributed by atoms with Gasteiger partial charge in [0.25, 0.3) is 0 Å². The maximum absolute atomic E-state index is 5.14. The molecule has 104 valence electrons. The van der Waals surface area contributed by atoms with Crippen molar-refractivity contribution in [3.8, 4) is 0 Å². The molecule has 0 saturated carbocycles. The van der Waals surface area contributed by atoms with Crippen molar-refractivity contribution in [2.45, 2.75) is 39.3 Å². The summed E-state index contributed by atoms with van der Waals surface area (Å²) < 4.78 is 10.3. The molecule has 0 aromatic heterocycles. The molecule has 0 aromatic carbocycles. The highest BCUT2D eigenvalue weighted by molar-refractivity contribution is 4.76. The Hall–Kier alpha value is -0.160. The van der Waals surface area contributed by atoms with Gasteiger partial charge in [-0.3, -0.25) is 4.90 Å². The summed E-state index contributed by atoms with van der Waals surface area (Å²) in [6.07, 6.45) is 0. The van der Waals surface area contributed by atoms with Crippen LogP contribution in [0.25, 0.3) is 0 Å². The molecular formula is C13H30N2O2. The van der Waals surface area contributed by atoms with E-state index in [1.807, 2.05) is 0 Å². The molecule has 0 heterocycles. The molecule has 0 aromatic rings. The lowest BCUT2D eigenvalue weighted by Crippen LogP contribution is -2.48. The first-order chi connectivity index (χ1) is 7.90. The number of methoxy groups -OCH3 is 2. The Labute approximate surface area is 107 Å². The summed E-state index contributed by atoms with van der Waals surface area (Å²) in [5, 5.41) is 3.53. The van der Waals surface area contributed by atoms with Crippen LogP contribution in [0.2, 0.25) is 0 Å². The summed E-state index contributed by atoms with van der Waals surface area (Å²) in [6, 6.07) is 0.486. The third-order valence-electron chi connectivity index (χ3n) is 2.72. The molecule has 0 spiro atoms. The molecule has 0 amide bonds. The van der Waals surface area contributed by atoms with E-state index in [1.54, 1.807) is 14.2 Å². The van der Waals surface area contributed by atoms with E-state index >= 15 is 0 Å². The third kappa shape index (κ3) is 9.53. The lowest BCUT2D eigenvalue weighted by atomic mass is 10.1. The van der Waals surface area contributed by atoms with Crippen LogP contribution in [0.4, 0.5) is 0 Å². The van der Waals surface area contributed by atoms with Gasteiger partial charge in [-0.05, 0) is 27.7 Å². The van der Waals surface area contributed by atoms with Crippen LogP contribution in [0.15, 0.2) is 0 Å². The maximum atomic E-state index is 5.14. The zero-order valence-corrected chi connectivity index (χ0v) is 12.4. The second kappa shape index (κ2) is 8.86. The van der Waals surface area contributed by atoms with E-state index in [9.17, 15) is 0 Å². The fourth-order valence-corrected chi connectivity index (χ4v) is 1.55. The van der Waals surface area contributed by atoms with E-state index in [0.717, 1.165) is 32.8 Å². The topological polar surface area (TPSA) is 33.7 Å². The predicted molar refractivity (Wildman–Crippen MR) is 72.5 cm³/mol. The van der Waals surface area contributed by atoms with Crippen molar-refractivity contribution in [1.29, 1.82) is 0 Å². The van der Waals surface area contributed by atoms with Gasteiger partial charge in [0.15, 0.2) is 0 Å². The molecule has 0 fully saturated rings. The van der Waals surface area contributed by atoms with E-state index in [-0.39, 0.29) is 5.54 Å². The zero-order valence-electron chi connectivity index (χ0n) is 12.4. The summed E-state index contributed by atoms with van der Waals surface area (Å²) in [7, 11) is 3.49. The highest BCUT2D eigenvalue weighted by Gasteiger charge is 2.16. The molecule has 0 bridgehead atoms. The molecule has 1 unspecified atom stereocenters. The van der Waals surface area contributed by atoms with E-state index in [1.165, 1.54) is 0 Å². The number of nitrogens with zero attached hydrogens (tertiary/aromatic N) is 1. The van der Waals surface area contributed by atoms with E-state index in [4.69, 9.17) is 9.47 Å². The predicted octanol–water partition coefficient (Wildman–Crippen LogP) is 1.36. The Morgan fingerprint density at radius 2 is 1.53 bits per heavy atom. The van der Waals surface area contributed by atoms with Crippen LogP contribution in [0.3, 0.4) is 0 Å². The third-order valence-corrected chi connectivity index (χ3v) is 2.72. The average Bonchev–Trinajstić information content (AvgIpc) is 2.25. The first kappa shape index (κ1) is 16.8. The van der Waals surface area contributed by atoms with Gasteiger partial charge in [0.2, 0.25) is 0 Å². The fourth-order valence-electron chi connectivity index (χ4n) is 1.55. The average molecular weight is 246 g/mol. The Bertz CT molecular complexity index is 173. The molecule has 1 atom stereocenters. The van der Waals surface area contributed by atoms with Crippen LogP contribution in [0, 0.1) is 0 Å². The Kier molecular flexibility index (Phi) is 8.78. The Balaban J connectivity index is 4.06. The summed E-state index contributed by atoms with van der Waals surface area (Å²) in [4.78, 5) is 2.39. The van der Waals surface area contributed by atoms with Crippen molar-refractivity contribution in [3.63, 3.8) is 0 Å². The quantitative estimate of drug-likeness (QED) is 0.666. The first-order valence-corrected chi connectivity index (χ1v) is 6.37. The van der Waals surface area contributed by atoms with E-state index in [2.05, 4.69) is 37.9 Å². The summed E-state index contributed by atoms with van der Waals surface area (Å²) in [6.45, 7) is 13.2. The molecule has 0 aliphatic carbocycles. The van der Waals surface area contributed by atoms with Crippen molar-refractivity contribution in [1.82, 2.24) is 10.2 Å². The Morgan fingerprint density at radius 1 is 1.06 bits per heavy atom. The SMILES string of the molecule is COCCN(CCOC)C(C)CNC(C)(C)C. The minimum Gasteiger partial charge on any atom is -0.383 e. The lowest BCUT2D eigenvalue weighted by Gasteiger charge is -2.31. The normalized spacial score (nSPS) is 14.3. The molecule has 4 nitrogen and oxygen atoms in total. The molecule has 4 heteroatoms. The van der Waals surface area contributed by atoms with Gasteiger partial charge in [0.05, 0.1) is 13.2 Å². The highest BCUT2D eigenvalue weighted by Crippen LogP contribution is 2.03. The fraction of sp³-hybridized carbons (Fsp3) is 1.00. The van der Waals surface area contributed by atoms with Gasteiger partial charge in [0, 0.05) is 45.4 Å². The van der Waals surface area contributed by atoms with Crippen LogP contribution in [-0.2, 0) is 9.47 Å². The van der Waals surface area contributed by atoms with Crippen LogP contribution in [0.5, 0.6) is 0 Å². The molecule has 17 heavy (non-hydrogen) atoms. The van der Waals surface area contributed by atoms with Gasteiger partial charge in [0.1, 0.15) is 0 Å². The minimum atomic E-state index is 0.169. The van der Waals surface area contributed by atoms with Gasteiger partial charge in [-0.25, -0.2) is 0 Å². The van der Waals surface area contributed by atoms with Crippen molar-refractivity contribution < 1.29 is 9.47 Å². The number of hydrogen-bond acceptors (Lipinski definition) is 4. The Morgan fingerprint density at radius 3 is 1.88 bits per heavy atom. The molecule has 0 aliphatic heterocycles. The smallest absolute Gasteiger partial charge is 0.0589 e. The van der Waals surface area contributed by atoms with Crippen molar-refractivity contribution in [3.05, 3.63) is 0 Å². The van der Waals surface area contributed by atoms with E-state index in [0.29, 0.717) is 6.04 Å². The molecule has 1 N–H and O–H groups in total. The highest BCUT2D eigenvalue weighted by atomic mass is 16.5. The number of rotatable bonds is 9. The van der Waals surface area contributed by atoms with Crippen LogP contribution in [-0.4, -0.2) is 63.5 Å². The molecule has 0 rings (SSSR count). The van der Waals surface area contributed by atoms with Crippen molar-refractivity contribution in [2.75, 3.05) is 47.1 Å². The van der Waals surface area contributed by atoms with Crippen LogP contribution < -0.4 is 5.32 Å². The second-order valence-electron chi connectivity index (χ2n) is 5.50. The van der Waals surface area contributed by atoms with Gasteiger partial charge < -0.3 is 14.8 Å². The molecular weight excluding hydrogens is 216 g/mol. The summed E-state index contributed by atoms with van der Waals surface area (Å²) in [5.41, 5.74) is 0.169. The van der Waals surface area contributed by atoms with Gasteiger partial charge >= 0.3 is 0 Å². The van der Waals surface area contributed by atoms with E-state index < -0.39 is 0 Å². The maximum Gasteiger partial charge on any atom is 0.0589 e. The molecule has 0 radical (unpaired) electrons. The standard InChI is InChI=1S/C13H30N2O2/c1-12(11-14-13(2,3)4)15(7-9-16-5)8-10-17-6/h12,14H,7-11H2,1-6H3. The van der Waals surface area contributed by atoms with Crippen LogP contribution >= 0.6 is 0 Å². The number of nitrogens with one attached hydrogen (secondary N) is 1. The van der Waals surface area contributed by atoms with Gasteiger partial charge in [-0.1, -0.05) is 0 Å². The molecule has 0 saturated heterocycles. The molecule has 0 aliphatic rings. The second-order valence-corrected chi connectivity index (χ2v) is 5.50.